The number of hydrogen-bond acceptors (Lipinski definition) is 5. The first-order valence-corrected chi connectivity index (χ1v) is 12.0. The van der Waals surface area contributed by atoms with Crippen molar-refractivity contribution in [3.8, 4) is 0 Å². The molecule has 1 aromatic rings. The number of nitrogens with zero attached hydrogens (tertiary/aromatic N) is 2. The molecule has 0 spiro atoms. The van der Waals surface area contributed by atoms with Gasteiger partial charge in [0.1, 0.15) is 11.7 Å². The van der Waals surface area contributed by atoms with Gasteiger partial charge in [-0.25, -0.2) is 9.48 Å². The summed E-state index contributed by atoms with van der Waals surface area (Å²) in [7, 11) is 0. The highest BCUT2D eigenvalue weighted by molar-refractivity contribution is 5.93. The first-order chi connectivity index (χ1) is 15.0. The maximum atomic E-state index is 13.0. The van der Waals surface area contributed by atoms with Crippen LogP contribution in [0.1, 0.15) is 87.9 Å². The minimum Gasteiger partial charge on any atom is -0.477 e. The number of carboxylic acids is 1. The van der Waals surface area contributed by atoms with E-state index >= 15 is 0 Å². The summed E-state index contributed by atoms with van der Waals surface area (Å²) < 4.78 is 7.56. The lowest BCUT2D eigenvalue weighted by molar-refractivity contribution is -0.138. The van der Waals surface area contributed by atoms with Crippen LogP contribution in [0, 0.1) is 11.8 Å². The third-order valence-electron chi connectivity index (χ3n) is 7.12. The summed E-state index contributed by atoms with van der Waals surface area (Å²) >= 11 is 0. The standard InChI is InChI=1S/C24H35N3O4/c1-16-8-10-17(11-9-16)22(28)21-14-18(12-13-31-21)25-23-20(24(29)30)15-27(26-23)19-6-4-2-3-5-7-19/h6,15-18,21H,2-5,7-14H2,1H3,(H,25,26)(H,29,30). The number of anilines is 1. The number of carboxylic acid groups (broad SMARTS) is 1. The van der Waals surface area contributed by atoms with Gasteiger partial charge < -0.3 is 15.2 Å². The fourth-order valence-corrected chi connectivity index (χ4v) is 5.12. The number of nitrogens with one attached hydrogen (secondary N) is 1. The van der Waals surface area contributed by atoms with Gasteiger partial charge in [-0.1, -0.05) is 32.3 Å². The van der Waals surface area contributed by atoms with Crippen molar-refractivity contribution < 1.29 is 19.4 Å². The zero-order chi connectivity index (χ0) is 21.8. The van der Waals surface area contributed by atoms with E-state index in [9.17, 15) is 14.7 Å². The van der Waals surface area contributed by atoms with Crippen molar-refractivity contribution in [1.29, 1.82) is 0 Å². The van der Waals surface area contributed by atoms with Crippen molar-refractivity contribution >= 4 is 23.3 Å². The molecule has 7 nitrogen and oxygen atoms in total. The Hall–Kier alpha value is -2.15. The fraction of sp³-hybridized carbons (Fsp3) is 0.708. The molecule has 2 unspecified atom stereocenters. The van der Waals surface area contributed by atoms with Crippen molar-refractivity contribution in [2.75, 3.05) is 11.9 Å². The molecule has 2 heterocycles. The van der Waals surface area contributed by atoms with Crippen LogP contribution in [0.2, 0.25) is 0 Å². The van der Waals surface area contributed by atoms with E-state index in [1.165, 1.54) is 12.8 Å². The van der Waals surface area contributed by atoms with Crippen LogP contribution in [0.15, 0.2) is 12.3 Å². The van der Waals surface area contributed by atoms with E-state index in [0.717, 1.165) is 57.1 Å². The third kappa shape index (κ3) is 5.37. The molecule has 7 heteroatoms. The Kier molecular flexibility index (Phi) is 7.10. The lowest BCUT2D eigenvalue weighted by Crippen LogP contribution is -2.41. The third-order valence-corrected chi connectivity index (χ3v) is 7.12. The van der Waals surface area contributed by atoms with E-state index < -0.39 is 12.1 Å². The normalized spacial score (nSPS) is 29.6. The maximum Gasteiger partial charge on any atom is 0.341 e. The van der Waals surface area contributed by atoms with E-state index in [2.05, 4.69) is 23.4 Å². The average Bonchev–Trinajstić information content (AvgIpc) is 3.00. The number of allylic oxidation sites excluding steroid dienone is 2. The smallest absolute Gasteiger partial charge is 0.341 e. The molecule has 2 aliphatic carbocycles. The zero-order valence-corrected chi connectivity index (χ0v) is 18.5. The topological polar surface area (TPSA) is 93.5 Å². The Morgan fingerprint density at radius 1 is 1.16 bits per heavy atom. The Morgan fingerprint density at radius 3 is 2.74 bits per heavy atom. The van der Waals surface area contributed by atoms with Crippen molar-refractivity contribution in [3.63, 3.8) is 0 Å². The number of carbonyl (C=O) groups is 2. The molecule has 2 fully saturated rings. The van der Waals surface area contributed by atoms with Crippen LogP contribution in [-0.4, -0.2) is 45.4 Å². The van der Waals surface area contributed by atoms with Crippen molar-refractivity contribution in [1.82, 2.24) is 9.78 Å². The molecule has 2 N–H and O–H groups in total. The molecule has 0 aromatic carbocycles. The van der Waals surface area contributed by atoms with Crippen LogP contribution in [-0.2, 0) is 9.53 Å². The van der Waals surface area contributed by atoms with Gasteiger partial charge in [-0.3, -0.25) is 4.79 Å². The van der Waals surface area contributed by atoms with Gasteiger partial charge in [0, 0.05) is 36.9 Å². The highest BCUT2D eigenvalue weighted by atomic mass is 16.5. The molecule has 0 amide bonds. The maximum absolute atomic E-state index is 13.0. The number of aromatic nitrogens is 2. The molecule has 1 aromatic heterocycles. The highest BCUT2D eigenvalue weighted by Gasteiger charge is 2.34. The molecule has 31 heavy (non-hydrogen) atoms. The molecule has 3 aliphatic rings. The highest BCUT2D eigenvalue weighted by Crippen LogP contribution is 2.32. The van der Waals surface area contributed by atoms with Crippen LogP contribution < -0.4 is 5.32 Å². The molecule has 1 saturated heterocycles. The van der Waals surface area contributed by atoms with Gasteiger partial charge in [0.15, 0.2) is 11.6 Å². The Morgan fingerprint density at radius 2 is 1.97 bits per heavy atom. The molecule has 1 saturated carbocycles. The SMILES string of the molecule is CC1CCC(C(=O)C2CC(Nc3nn(C4=CCCCCC4)cc3C(=O)O)CCO2)CC1. The lowest BCUT2D eigenvalue weighted by atomic mass is 9.78. The number of ketones is 1. The monoisotopic (exact) mass is 429 g/mol. The lowest BCUT2D eigenvalue weighted by Gasteiger charge is -2.33. The second-order valence-corrected chi connectivity index (χ2v) is 9.52. The van der Waals surface area contributed by atoms with E-state index in [-0.39, 0.29) is 23.3 Å². The minimum atomic E-state index is -0.987. The molecule has 2 atom stereocenters. The van der Waals surface area contributed by atoms with Gasteiger partial charge >= 0.3 is 5.97 Å². The zero-order valence-electron chi connectivity index (χ0n) is 18.5. The van der Waals surface area contributed by atoms with Crippen LogP contribution in [0.4, 0.5) is 5.82 Å². The van der Waals surface area contributed by atoms with E-state index in [0.29, 0.717) is 24.8 Å². The molecule has 0 bridgehead atoms. The van der Waals surface area contributed by atoms with Gasteiger partial charge in [0.25, 0.3) is 0 Å². The summed E-state index contributed by atoms with van der Waals surface area (Å²) in [5, 5.41) is 17.6. The van der Waals surface area contributed by atoms with Gasteiger partial charge in [-0.2, -0.15) is 0 Å². The molecular formula is C24H35N3O4. The van der Waals surface area contributed by atoms with Gasteiger partial charge in [-0.15, -0.1) is 5.10 Å². The summed E-state index contributed by atoms with van der Waals surface area (Å²) in [6.45, 7) is 2.76. The first-order valence-electron chi connectivity index (χ1n) is 12.0. The van der Waals surface area contributed by atoms with Crippen LogP contribution in [0.5, 0.6) is 0 Å². The van der Waals surface area contributed by atoms with Crippen LogP contribution >= 0.6 is 0 Å². The number of Topliss-reactive ketones (excluding diaryl/α,β-unsaturated/α-hetero) is 1. The minimum absolute atomic E-state index is 0.0187. The Balaban J connectivity index is 1.43. The quantitative estimate of drug-likeness (QED) is 0.678. The summed E-state index contributed by atoms with van der Waals surface area (Å²) in [4.78, 5) is 24.8. The predicted octanol–water partition coefficient (Wildman–Crippen LogP) is 4.74. The Bertz CT molecular complexity index is 823. The summed E-state index contributed by atoms with van der Waals surface area (Å²) in [6, 6.07) is -0.0187. The number of hydrogen-bond donors (Lipinski definition) is 2. The van der Waals surface area contributed by atoms with Crippen LogP contribution in [0.25, 0.3) is 5.70 Å². The van der Waals surface area contributed by atoms with Crippen LogP contribution in [0.3, 0.4) is 0 Å². The Labute approximate surface area is 184 Å². The molecule has 0 radical (unpaired) electrons. The van der Waals surface area contributed by atoms with Crippen molar-refractivity contribution in [3.05, 3.63) is 17.8 Å². The second-order valence-electron chi connectivity index (χ2n) is 9.52. The summed E-state index contributed by atoms with van der Waals surface area (Å²) in [5.74, 6) is 0.446. The molecular weight excluding hydrogens is 394 g/mol. The van der Waals surface area contributed by atoms with E-state index in [1.807, 2.05) is 0 Å². The largest absolute Gasteiger partial charge is 0.477 e. The van der Waals surface area contributed by atoms with Gasteiger partial charge in [0.05, 0.1) is 0 Å². The van der Waals surface area contributed by atoms with Crippen molar-refractivity contribution in [2.45, 2.75) is 89.7 Å². The fourth-order valence-electron chi connectivity index (χ4n) is 5.12. The first kappa shape index (κ1) is 22.1. The molecule has 170 valence electrons. The summed E-state index contributed by atoms with van der Waals surface area (Å²) in [6.07, 6.45) is 14.2. The number of ether oxygens (including phenoxy) is 1. The molecule has 1 aliphatic heterocycles. The summed E-state index contributed by atoms with van der Waals surface area (Å²) in [5.41, 5.74) is 1.25. The number of rotatable bonds is 6. The second kappa shape index (κ2) is 9.98. The van der Waals surface area contributed by atoms with E-state index in [1.54, 1.807) is 10.9 Å². The number of aromatic carboxylic acids is 1. The van der Waals surface area contributed by atoms with E-state index in [4.69, 9.17) is 4.74 Å². The van der Waals surface area contributed by atoms with Gasteiger partial charge in [0.2, 0.25) is 0 Å². The predicted molar refractivity (Wildman–Crippen MR) is 119 cm³/mol. The average molecular weight is 430 g/mol. The van der Waals surface area contributed by atoms with Gasteiger partial charge in [-0.05, 0) is 50.9 Å². The number of carbonyl (C=O) groups excluding carboxylic acids is 1. The molecule has 4 rings (SSSR count). The van der Waals surface area contributed by atoms with Crippen molar-refractivity contribution in [2.24, 2.45) is 11.8 Å².